The summed E-state index contributed by atoms with van der Waals surface area (Å²) in [6, 6.07) is 2.16. The largest absolute Gasteiger partial charge is 0.418 e. The summed E-state index contributed by atoms with van der Waals surface area (Å²) in [7, 11) is 0. The van der Waals surface area contributed by atoms with Gasteiger partial charge in [-0.1, -0.05) is 0 Å². The van der Waals surface area contributed by atoms with Gasteiger partial charge in [0.1, 0.15) is 0 Å². The summed E-state index contributed by atoms with van der Waals surface area (Å²) in [5.74, 6) is 0.378. The molecule has 0 aromatic carbocycles. The van der Waals surface area contributed by atoms with Crippen LogP contribution in [0.5, 0.6) is 0 Å². The highest BCUT2D eigenvalue weighted by Crippen LogP contribution is 2.35. The van der Waals surface area contributed by atoms with Crippen LogP contribution in [-0.2, 0) is 12.6 Å². The van der Waals surface area contributed by atoms with Crippen molar-refractivity contribution < 1.29 is 13.2 Å². The van der Waals surface area contributed by atoms with E-state index in [-0.39, 0.29) is 18.2 Å². The molecule has 0 amide bonds. The summed E-state index contributed by atoms with van der Waals surface area (Å²) in [6.07, 6.45) is -0.706. The quantitative estimate of drug-likeness (QED) is 0.865. The molecule has 1 unspecified atom stereocenters. The molecule has 0 radical (unpaired) electrons. The molecule has 1 saturated carbocycles. The Morgan fingerprint density at radius 2 is 2.12 bits per heavy atom. The van der Waals surface area contributed by atoms with Crippen LogP contribution in [0, 0.1) is 5.92 Å². The maximum atomic E-state index is 12.6. The number of nitrogens with zero attached hydrogens (tertiary/aromatic N) is 1. The van der Waals surface area contributed by atoms with Crippen LogP contribution in [0.4, 0.5) is 13.2 Å². The molecule has 0 bridgehead atoms. The molecule has 2 rings (SSSR count). The van der Waals surface area contributed by atoms with Crippen LogP contribution in [-0.4, -0.2) is 11.0 Å². The maximum Gasteiger partial charge on any atom is 0.418 e. The minimum Gasteiger partial charge on any atom is -0.327 e. The third kappa shape index (κ3) is 2.52. The number of nitrogens with two attached hydrogens (primary N) is 1. The van der Waals surface area contributed by atoms with Gasteiger partial charge in [0.25, 0.3) is 0 Å². The Morgan fingerprint density at radius 1 is 1.44 bits per heavy atom. The van der Waals surface area contributed by atoms with Crippen molar-refractivity contribution in [2.75, 3.05) is 0 Å². The van der Waals surface area contributed by atoms with Gasteiger partial charge < -0.3 is 5.73 Å². The Kier molecular flexibility index (Phi) is 2.88. The molecule has 16 heavy (non-hydrogen) atoms. The van der Waals surface area contributed by atoms with E-state index in [4.69, 9.17) is 5.73 Å². The van der Waals surface area contributed by atoms with Crippen molar-refractivity contribution in [1.29, 1.82) is 0 Å². The minimum atomic E-state index is -4.34. The number of aromatic nitrogens is 1. The molecule has 1 heterocycles. The zero-order valence-electron chi connectivity index (χ0n) is 8.67. The Labute approximate surface area is 91.7 Å². The fourth-order valence-corrected chi connectivity index (χ4v) is 1.77. The predicted octanol–water partition coefficient (Wildman–Crippen LogP) is 2.38. The highest BCUT2D eigenvalue weighted by atomic mass is 19.4. The second kappa shape index (κ2) is 4.05. The van der Waals surface area contributed by atoms with Crippen LogP contribution < -0.4 is 5.73 Å². The van der Waals surface area contributed by atoms with E-state index in [1.54, 1.807) is 0 Å². The summed E-state index contributed by atoms with van der Waals surface area (Å²) < 4.78 is 37.9. The van der Waals surface area contributed by atoms with E-state index >= 15 is 0 Å². The van der Waals surface area contributed by atoms with Gasteiger partial charge in [0.15, 0.2) is 0 Å². The minimum absolute atomic E-state index is 0.0643. The fourth-order valence-electron chi connectivity index (χ4n) is 1.77. The predicted molar refractivity (Wildman–Crippen MR) is 53.6 cm³/mol. The van der Waals surface area contributed by atoms with Crippen LogP contribution >= 0.6 is 0 Å². The third-order valence-corrected chi connectivity index (χ3v) is 2.85. The Balaban J connectivity index is 2.19. The van der Waals surface area contributed by atoms with Crippen molar-refractivity contribution in [3.8, 4) is 0 Å². The number of pyridine rings is 1. The first-order valence-electron chi connectivity index (χ1n) is 5.25. The first-order chi connectivity index (χ1) is 7.48. The summed E-state index contributed by atoms with van der Waals surface area (Å²) in [6.45, 7) is 0. The zero-order chi connectivity index (χ0) is 11.8. The SMILES string of the molecule is NC(Cc1ncccc1C(F)(F)F)C1CC1. The number of hydrogen-bond donors (Lipinski definition) is 1. The fraction of sp³-hybridized carbons (Fsp3) is 0.545. The monoisotopic (exact) mass is 230 g/mol. The van der Waals surface area contributed by atoms with Crippen molar-refractivity contribution in [1.82, 2.24) is 4.98 Å². The van der Waals surface area contributed by atoms with E-state index in [1.807, 2.05) is 0 Å². The standard InChI is InChI=1S/C11H13F3N2/c12-11(13,14)8-2-1-5-16-10(8)6-9(15)7-3-4-7/h1-2,5,7,9H,3-4,6,15H2. The normalized spacial score (nSPS) is 18.5. The van der Waals surface area contributed by atoms with Crippen molar-refractivity contribution >= 4 is 0 Å². The average Bonchev–Trinajstić information content (AvgIpc) is 2.99. The lowest BCUT2D eigenvalue weighted by atomic mass is 10.0. The van der Waals surface area contributed by atoms with Crippen LogP contribution in [0.25, 0.3) is 0 Å². The number of hydrogen-bond acceptors (Lipinski definition) is 2. The summed E-state index contributed by atoms with van der Waals surface area (Å²) in [5, 5.41) is 0. The van der Waals surface area contributed by atoms with Gasteiger partial charge in [-0.05, 0) is 30.9 Å². The van der Waals surface area contributed by atoms with Gasteiger partial charge >= 0.3 is 6.18 Å². The van der Waals surface area contributed by atoms with Gasteiger partial charge in [-0.3, -0.25) is 4.98 Å². The van der Waals surface area contributed by atoms with Gasteiger partial charge in [0, 0.05) is 18.7 Å². The van der Waals surface area contributed by atoms with Gasteiger partial charge in [-0.2, -0.15) is 13.2 Å². The summed E-state index contributed by atoms with van der Waals surface area (Å²) in [4.78, 5) is 3.80. The molecule has 2 N–H and O–H groups in total. The second-order valence-corrected chi connectivity index (χ2v) is 4.20. The molecule has 1 aliphatic rings. The number of halogens is 3. The van der Waals surface area contributed by atoms with Gasteiger partial charge in [-0.25, -0.2) is 0 Å². The second-order valence-electron chi connectivity index (χ2n) is 4.20. The Morgan fingerprint density at radius 3 is 2.69 bits per heavy atom. The van der Waals surface area contributed by atoms with E-state index in [0.717, 1.165) is 18.9 Å². The van der Waals surface area contributed by atoms with E-state index in [9.17, 15) is 13.2 Å². The lowest BCUT2D eigenvalue weighted by molar-refractivity contribution is -0.138. The van der Waals surface area contributed by atoms with Gasteiger partial charge in [-0.15, -0.1) is 0 Å². The molecule has 0 spiro atoms. The van der Waals surface area contributed by atoms with E-state index in [0.29, 0.717) is 5.92 Å². The van der Waals surface area contributed by atoms with Crippen molar-refractivity contribution in [2.45, 2.75) is 31.5 Å². The average molecular weight is 230 g/mol. The smallest absolute Gasteiger partial charge is 0.327 e. The Bertz CT molecular complexity index is 372. The highest BCUT2D eigenvalue weighted by Gasteiger charge is 2.36. The van der Waals surface area contributed by atoms with Crippen LogP contribution in [0.1, 0.15) is 24.1 Å². The summed E-state index contributed by atoms with van der Waals surface area (Å²) in [5.41, 5.74) is 5.22. The molecule has 88 valence electrons. The van der Waals surface area contributed by atoms with E-state index in [2.05, 4.69) is 4.98 Å². The van der Waals surface area contributed by atoms with Crippen molar-refractivity contribution in [3.05, 3.63) is 29.6 Å². The number of alkyl halides is 3. The molecule has 2 nitrogen and oxygen atoms in total. The topological polar surface area (TPSA) is 38.9 Å². The van der Waals surface area contributed by atoms with Crippen LogP contribution in [0.3, 0.4) is 0 Å². The van der Waals surface area contributed by atoms with Crippen LogP contribution in [0.2, 0.25) is 0 Å². The number of rotatable bonds is 3. The van der Waals surface area contributed by atoms with Crippen molar-refractivity contribution in [3.63, 3.8) is 0 Å². The molecule has 1 aliphatic carbocycles. The molecule has 0 aliphatic heterocycles. The zero-order valence-corrected chi connectivity index (χ0v) is 8.67. The molecule has 1 atom stereocenters. The molecule has 0 saturated heterocycles. The van der Waals surface area contributed by atoms with Gasteiger partial charge in [0.2, 0.25) is 0 Å². The van der Waals surface area contributed by atoms with E-state index < -0.39 is 11.7 Å². The molecule has 5 heteroatoms. The molecule has 1 aromatic rings. The molecular formula is C11H13F3N2. The van der Waals surface area contributed by atoms with Gasteiger partial charge in [0.05, 0.1) is 11.3 Å². The first-order valence-corrected chi connectivity index (χ1v) is 5.25. The lowest BCUT2D eigenvalue weighted by Crippen LogP contribution is -2.27. The highest BCUT2D eigenvalue weighted by molar-refractivity contribution is 5.24. The molecule has 1 fully saturated rings. The Hall–Kier alpha value is -1.10. The lowest BCUT2D eigenvalue weighted by Gasteiger charge is -2.14. The maximum absolute atomic E-state index is 12.6. The van der Waals surface area contributed by atoms with Crippen molar-refractivity contribution in [2.24, 2.45) is 11.7 Å². The first kappa shape index (κ1) is 11.4. The summed E-state index contributed by atoms with van der Waals surface area (Å²) >= 11 is 0. The van der Waals surface area contributed by atoms with Crippen LogP contribution in [0.15, 0.2) is 18.3 Å². The molecule has 1 aromatic heterocycles. The molecular weight excluding hydrogens is 217 g/mol. The van der Waals surface area contributed by atoms with E-state index in [1.165, 1.54) is 12.3 Å². The third-order valence-electron chi connectivity index (χ3n) is 2.85.